The van der Waals surface area contributed by atoms with Crippen LogP contribution in [-0.4, -0.2) is 5.75 Å². The van der Waals surface area contributed by atoms with Gasteiger partial charge in [0.2, 0.25) is 0 Å². The van der Waals surface area contributed by atoms with Gasteiger partial charge in [-0.05, 0) is 18.1 Å². The zero-order valence-corrected chi connectivity index (χ0v) is 11.7. The molecule has 0 spiro atoms. The lowest BCUT2D eigenvalue weighted by molar-refractivity contribution is 0.422. The van der Waals surface area contributed by atoms with Crippen molar-refractivity contribution in [2.75, 3.05) is 5.75 Å². The summed E-state index contributed by atoms with van der Waals surface area (Å²) in [5.74, 6) is -4.80. The largest absolute Gasteiger partial charge is 0.206 e. The van der Waals surface area contributed by atoms with Gasteiger partial charge >= 0.3 is 0 Å². The first kappa shape index (κ1) is 15.3. The van der Waals surface area contributed by atoms with E-state index in [1.54, 1.807) is 0 Å². The van der Waals surface area contributed by atoms with Crippen LogP contribution >= 0.6 is 11.8 Å². The molecule has 1 aromatic rings. The van der Waals surface area contributed by atoms with Crippen molar-refractivity contribution in [2.24, 2.45) is 5.41 Å². The second kappa shape index (κ2) is 5.51. The van der Waals surface area contributed by atoms with Gasteiger partial charge in [0.1, 0.15) is 5.82 Å². The van der Waals surface area contributed by atoms with E-state index >= 15 is 0 Å². The molecule has 5 heteroatoms. The Kier molecular flexibility index (Phi) is 4.70. The van der Waals surface area contributed by atoms with Crippen LogP contribution in [0.3, 0.4) is 0 Å². The monoisotopic (exact) mass is 280 g/mol. The van der Waals surface area contributed by atoms with Crippen molar-refractivity contribution in [1.82, 2.24) is 0 Å². The van der Waals surface area contributed by atoms with Crippen molar-refractivity contribution in [3.05, 3.63) is 34.4 Å². The molecule has 0 aliphatic heterocycles. The van der Waals surface area contributed by atoms with E-state index in [-0.39, 0.29) is 16.7 Å². The summed E-state index contributed by atoms with van der Waals surface area (Å²) in [4.78, 5) is 0. The van der Waals surface area contributed by atoms with Gasteiger partial charge < -0.3 is 0 Å². The highest BCUT2D eigenvalue weighted by Crippen LogP contribution is 2.29. The van der Waals surface area contributed by atoms with Crippen molar-refractivity contribution in [1.29, 1.82) is 0 Å². The molecule has 0 fully saturated rings. The molecule has 0 atom stereocenters. The Morgan fingerprint density at radius 2 is 1.44 bits per heavy atom. The average molecular weight is 280 g/mol. The minimum Gasteiger partial charge on any atom is -0.206 e. The predicted molar refractivity (Wildman–Crippen MR) is 66.6 cm³/mol. The van der Waals surface area contributed by atoms with Gasteiger partial charge in [0.25, 0.3) is 0 Å². The molecule has 0 aliphatic carbocycles. The van der Waals surface area contributed by atoms with E-state index in [0.717, 1.165) is 6.92 Å². The fourth-order valence-corrected chi connectivity index (χ4v) is 2.57. The Balaban J connectivity index is 2.96. The van der Waals surface area contributed by atoms with Crippen LogP contribution in [0.25, 0.3) is 0 Å². The van der Waals surface area contributed by atoms with E-state index in [9.17, 15) is 17.6 Å². The van der Waals surface area contributed by atoms with E-state index < -0.39 is 28.8 Å². The van der Waals surface area contributed by atoms with Crippen LogP contribution in [0.5, 0.6) is 0 Å². The molecule has 1 rings (SSSR count). The van der Waals surface area contributed by atoms with Gasteiger partial charge in [-0.1, -0.05) is 20.8 Å². The number of benzene rings is 1. The second-order valence-corrected chi connectivity index (χ2v) is 6.40. The number of thioether (sulfide) groups is 1. The van der Waals surface area contributed by atoms with Gasteiger partial charge in [-0.25, -0.2) is 17.6 Å². The third-order valence-electron chi connectivity index (χ3n) is 2.36. The fraction of sp³-hybridized carbons (Fsp3) is 0.538. The summed E-state index contributed by atoms with van der Waals surface area (Å²) in [6.45, 7) is 7.07. The zero-order chi connectivity index (χ0) is 14.1. The van der Waals surface area contributed by atoms with E-state index in [1.165, 1.54) is 11.8 Å². The van der Waals surface area contributed by atoms with Gasteiger partial charge in [-0.2, -0.15) is 11.8 Å². The Labute approximate surface area is 109 Å². The average Bonchev–Trinajstić information content (AvgIpc) is 2.27. The predicted octanol–water partition coefficient (Wildman–Crippen LogP) is 4.83. The maximum atomic E-state index is 13.7. The third-order valence-corrected chi connectivity index (χ3v) is 3.92. The van der Waals surface area contributed by atoms with Crippen LogP contribution in [0.4, 0.5) is 17.6 Å². The normalized spacial score (nSPS) is 12.0. The first-order valence-corrected chi connectivity index (χ1v) is 6.70. The van der Waals surface area contributed by atoms with Crippen LogP contribution in [0.15, 0.2) is 0 Å². The molecule has 0 saturated heterocycles. The molecule has 1 aromatic carbocycles. The smallest absolute Gasteiger partial charge is 0.195 e. The maximum absolute atomic E-state index is 13.7. The molecule has 0 bridgehead atoms. The molecule has 0 N–H and O–H groups in total. The Bertz CT molecular complexity index is 420. The van der Waals surface area contributed by atoms with Crippen molar-refractivity contribution < 1.29 is 17.6 Å². The van der Waals surface area contributed by atoms with Gasteiger partial charge in [0.05, 0.1) is 0 Å². The Hall–Kier alpha value is -0.710. The molecule has 0 heterocycles. The van der Waals surface area contributed by atoms with Crippen molar-refractivity contribution in [2.45, 2.75) is 33.4 Å². The van der Waals surface area contributed by atoms with Gasteiger partial charge in [-0.15, -0.1) is 0 Å². The standard InChI is InChI=1S/C13H16F4S/c1-7-9(14)8(5-18-6-13(2,3)4)11(16)12(17)10(7)15/h5-6H2,1-4H3. The van der Waals surface area contributed by atoms with Gasteiger partial charge in [0, 0.05) is 16.9 Å². The first-order valence-electron chi connectivity index (χ1n) is 5.54. The molecule has 0 saturated carbocycles. The summed E-state index contributed by atoms with van der Waals surface area (Å²) in [5, 5.41) is 0. The molecule has 102 valence electrons. The lowest BCUT2D eigenvalue weighted by Crippen LogP contribution is -2.10. The first-order chi connectivity index (χ1) is 8.15. The van der Waals surface area contributed by atoms with Crippen LogP contribution < -0.4 is 0 Å². The SMILES string of the molecule is Cc1c(F)c(F)c(F)c(CSCC(C)(C)C)c1F. The van der Waals surface area contributed by atoms with Crippen molar-refractivity contribution in [3.8, 4) is 0 Å². The lowest BCUT2D eigenvalue weighted by atomic mass is 10.0. The van der Waals surface area contributed by atoms with Crippen LogP contribution in [0.2, 0.25) is 0 Å². The summed E-state index contributed by atoms with van der Waals surface area (Å²) in [7, 11) is 0. The second-order valence-electron chi connectivity index (χ2n) is 5.41. The van der Waals surface area contributed by atoms with Crippen molar-refractivity contribution in [3.63, 3.8) is 0 Å². The van der Waals surface area contributed by atoms with Gasteiger partial charge in [-0.3, -0.25) is 0 Å². The highest BCUT2D eigenvalue weighted by atomic mass is 32.2. The summed E-state index contributed by atoms with van der Waals surface area (Å²) in [5.41, 5.74) is -0.855. The van der Waals surface area contributed by atoms with Crippen LogP contribution in [-0.2, 0) is 5.75 Å². The highest BCUT2D eigenvalue weighted by molar-refractivity contribution is 7.98. The molecule has 0 amide bonds. The molecule has 0 unspecified atom stereocenters. The summed E-state index contributed by atoms with van der Waals surface area (Å²) < 4.78 is 53.4. The number of hydrogen-bond donors (Lipinski definition) is 0. The number of halogens is 4. The molecule has 0 nitrogen and oxygen atoms in total. The minimum atomic E-state index is -1.60. The molecule has 0 radical (unpaired) electrons. The molecule has 0 aliphatic rings. The quantitative estimate of drug-likeness (QED) is 0.434. The molecule has 0 aromatic heterocycles. The lowest BCUT2D eigenvalue weighted by Gasteiger charge is -2.17. The topological polar surface area (TPSA) is 0 Å². The number of rotatable bonds is 3. The highest BCUT2D eigenvalue weighted by Gasteiger charge is 2.23. The molecule has 18 heavy (non-hydrogen) atoms. The summed E-state index contributed by atoms with van der Waals surface area (Å²) >= 11 is 1.30. The summed E-state index contributed by atoms with van der Waals surface area (Å²) in [6, 6.07) is 0. The van der Waals surface area contributed by atoms with Crippen LogP contribution in [0.1, 0.15) is 31.9 Å². The number of hydrogen-bond acceptors (Lipinski definition) is 1. The molecular weight excluding hydrogens is 264 g/mol. The Morgan fingerprint density at radius 1 is 0.889 bits per heavy atom. The van der Waals surface area contributed by atoms with E-state index in [1.807, 2.05) is 20.8 Å². The van der Waals surface area contributed by atoms with E-state index in [4.69, 9.17) is 0 Å². The van der Waals surface area contributed by atoms with Gasteiger partial charge in [0.15, 0.2) is 17.5 Å². The Morgan fingerprint density at radius 3 is 1.94 bits per heavy atom. The van der Waals surface area contributed by atoms with Crippen LogP contribution in [0, 0.1) is 35.6 Å². The van der Waals surface area contributed by atoms with E-state index in [0.29, 0.717) is 5.75 Å². The third kappa shape index (κ3) is 3.40. The fourth-order valence-electron chi connectivity index (χ4n) is 1.40. The zero-order valence-electron chi connectivity index (χ0n) is 10.8. The summed E-state index contributed by atoms with van der Waals surface area (Å²) in [6.07, 6.45) is 0. The maximum Gasteiger partial charge on any atom is 0.195 e. The minimum absolute atomic E-state index is 0.00520. The van der Waals surface area contributed by atoms with Crippen molar-refractivity contribution >= 4 is 11.8 Å². The van der Waals surface area contributed by atoms with E-state index in [2.05, 4.69) is 0 Å². The molecular formula is C13H16F4S.